The molecule has 1 aliphatic heterocycles. The Labute approximate surface area is 85.1 Å². The molecule has 1 saturated heterocycles. The summed E-state index contributed by atoms with van der Waals surface area (Å²) in [5.74, 6) is 1.06. The summed E-state index contributed by atoms with van der Waals surface area (Å²) in [5.41, 5.74) is 0. The van der Waals surface area contributed by atoms with E-state index < -0.39 is 0 Å². The van der Waals surface area contributed by atoms with E-state index in [9.17, 15) is 9.90 Å². The van der Waals surface area contributed by atoms with E-state index in [2.05, 4.69) is 6.92 Å². The number of aliphatic hydroxyl groups is 1. The number of aliphatic hydroxyl groups excluding tert-OH is 1. The number of hydrogen-bond donors (Lipinski definition) is 1. The molecule has 1 saturated carbocycles. The van der Waals surface area contributed by atoms with Gasteiger partial charge in [-0.15, -0.1) is 0 Å². The molecule has 3 unspecified atom stereocenters. The third-order valence-corrected chi connectivity index (χ3v) is 3.65. The summed E-state index contributed by atoms with van der Waals surface area (Å²) >= 11 is 0. The lowest BCUT2D eigenvalue weighted by Gasteiger charge is -2.22. The van der Waals surface area contributed by atoms with Gasteiger partial charge in [0.25, 0.3) is 0 Å². The normalized spacial score (nSPS) is 37.9. The molecule has 1 N–H and O–H groups in total. The summed E-state index contributed by atoms with van der Waals surface area (Å²) in [7, 11) is 0. The summed E-state index contributed by atoms with van der Waals surface area (Å²) in [6.45, 7) is 3.48. The van der Waals surface area contributed by atoms with Gasteiger partial charge in [0, 0.05) is 19.0 Å². The fraction of sp³-hybridized carbons (Fsp3) is 0.909. The molecule has 1 aliphatic carbocycles. The Hall–Kier alpha value is -0.570. The maximum atomic E-state index is 12.0. The Morgan fingerprint density at radius 2 is 2.14 bits per heavy atom. The molecule has 0 aromatic carbocycles. The van der Waals surface area contributed by atoms with Gasteiger partial charge in [-0.1, -0.05) is 13.3 Å². The topological polar surface area (TPSA) is 40.5 Å². The van der Waals surface area contributed by atoms with Gasteiger partial charge in [-0.3, -0.25) is 4.79 Å². The molecule has 3 heteroatoms. The molecule has 2 aliphatic rings. The van der Waals surface area contributed by atoms with Crippen LogP contribution in [0, 0.1) is 11.8 Å². The molecule has 2 rings (SSSR count). The number of carbonyl (C=O) groups excluding carboxylic acids is 1. The van der Waals surface area contributed by atoms with E-state index in [0.29, 0.717) is 12.5 Å². The molecule has 0 aromatic rings. The van der Waals surface area contributed by atoms with Gasteiger partial charge in [0.05, 0.1) is 6.10 Å². The lowest BCUT2D eigenvalue weighted by atomic mass is 9.97. The van der Waals surface area contributed by atoms with E-state index in [-0.39, 0.29) is 17.9 Å². The predicted octanol–water partition coefficient (Wildman–Crippen LogP) is 1.02. The molecule has 2 fully saturated rings. The summed E-state index contributed by atoms with van der Waals surface area (Å²) in [6, 6.07) is 0. The number of rotatable bonds is 1. The van der Waals surface area contributed by atoms with E-state index in [4.69, 9.17) is 0 Å². The summed E-state index contributed by atoms with van der Waals surface area (Å²) in [6.07, 6.45) is 3.90. The Kier molecular flexibility index (Phi) is 2.77. The number of carbonyl (C=O) groups is 1. The van der Waals surface area contributed by atoms with Gasteiger partial charge in [0.1, 0.15) is 0 Å². The minimum atomic E-state index is -0.282. The molecule has 14 heavy (non-hydrogen) atoms. The van der Waals surface area contributed by atoms with Gasteiger partial charge in [0.2, 0.25) is 5.91 Å². The van der Waals surface area contributed by atoms with Gasteiger partial charge in [-0.25, -0.2) is 0 Å². The first kappa shape index (κ1) is 9.97. The van der Waals surface area contributed by atoms with E-state index in [1.807, 2.05) is 4.90 Å². The Balaban J connectivity index is 1.94. The van der Waals surface area contributed by atoms with Gasteiger partial charge in [0.15, 0.2) is 0 Å². The van der Waals surface area contributed by atoms with E-state index in [1.54, 1.807) is 0 Å². The zero-order chi connectivity index (χ0) is 10.1. The van der Waals surface area contributed by atoms with Crippen molar-refractivity contribution in [1.82, 2.24) is 4.90 Å². The average molecular weight is 197 g/mol. The van der Waals surface area contributed by atoms with E-state index in [0.717, 1.165) is 19.4 Å². The zero-order valence-corrected chi connectivity index (χ0v) is 8.78. The minimum Gasteiger partial charge on any atom is -0.391 e. The van der Waals surface area contributed by atoms with Crippen LogP contribution in [0.15, 0.2) is 0 Å². The average Bonchev–Trinajstić information content (AvgIpc) is 2.73. The third kappa shape index (κ3) is 1.78. The van der Waals surface area contributed by atoms with Crippen LogP contribution in [0.2, 0.25) is 0 Å². The molecule has 3 nitrogen and oxygen atoms in total. The van der Waals surface area contributed by atoms with Crippen molar-refractivity contribution in [2.75, 3.05) is 13.1 Å². The highest BCUT2D eigenvalue weighted by Gasteiger charge is 2.35. The maximum absolute atomic E-state index is 12.0. The largest absolute Gasteiger partial charge is 0.391 e. The van der Waals surface area contributed by atoms with Crippen LogP contribution < -0.4 is 0 Å². The maximum Gasteiger partial charge on any atom is 0.226 e. The van der Waals surface area contributed by atoms with Gasteiger partial charge >= 0.3 is 0 Å². The van der Waals surface area contributed by atoms with E-state index >= 15 is 0 Å². The molecule has 0 radical (unpaired) electrons. The minimum absolute atomic E-state index is 0.236. The summed E-state index contributed by atoms with van der Waals surface area (Å²) < 4.78 is 0. The zero-order valence-electron chi connectivity index (χ0n) is 8.78. The van der Waals surface area contributed by atoms with Crippen molar-refractivity contribution in [1.29, 1.82) is 0 Å². The van der Waals surface area contributed by atoms with Crippen molar-refractivity contribution in [2.45, 2.75) is 38.7 Å². The highest BCUT2D eigenvalue weighted by molar-refractivity contribution is 5.79. The lowest BCUT2D eigenvalue weighted by Crippen LogP contribution is -2.35. The van der Waals surface area contributed by atoms with Gasteiger partial charge < -0.3 is 10.0 Å². The molecular formula is C11H19NO2. The predicted molar refractivity (Wildman–Crippen MR) is 53.7 cm³/mol. The van der Waals surface area contributed by atoms with Crippen molar-refractivity contribution in [3.63, 3.8) is 0 Å². The first-order chi connectivity index (χ1) is 6.68. The highest BCUT2D eigenvalue weighted by Crippen LogP contribution is 2.33. The third-order valence-electron chi connectivity index (χ3n) is 3.65. The van der Waals surface area contributed by atoms with Crippen LogP contribution in [0.3, 0.4) is 0 Å². The molecule has 80 valence electrons. The van der Waals surface area contributed by atoms with Gasteiger partial charge in [-0.05, 0) is 25.2 Å². The van der Waals surface area contributed by atoms with Crippen LogP contribution in [-0.4, -0.2) is 35.1 Å². The molecule has 1 heterocycles. The Morgan fingerprint density at radius 3 is 2.64 bits per heavy atom. The van der Waals surface area contributed by atoms with Crippen LogP contribution in [0.4, 0.5) is 0 Å². The van der Waals surface area contributed by atoms with Crippen molar-refractivity contribution in [3.05, 3.63) is 0 Å². The van der Waals surface area contributed by atoms with Gasteiger partial charge in [-0.2, -0.15) is 0 Å². The van der Waals surface area contributed by atoms with Crippen LogP contribution in [0.5, 0.6) is 0 Å². The first-order valence-electron chi connectivity index (χ1n) is 5.65. The second kappa shape index (κ2) is 3.89. The second-order valence-electron chi connectivity index (χ2n) is 4.74. The van der Waals surface area contributed by atoms with E-state index in [1.165, 1.54) is 12.8 Å². The second-order valence-corrected chi connectivity index (χ2v) is 4.74. The fourth-order valence-electron chi connectivity index (χ4n) is 2.69. The van der Waals surface area contributed by atoms with Crippen LogP contribution >= 0.6 is 0 Å². The smallest absolute Gasteiger partial charge is 0.226 e. The number of nitrogens with zero attached hydrogens (tertiary/aromatic N) is 1. The standard InChI is InChI=1S/C11H19NO2/c1-8-3-2-4-10(8)11(14)12-6-5-9(13)7-12/h8-10,13H,2-7H2,1H3. The number of hydrogen-bond acceptors (Lipinski definition) is 2. The quantitative estimate of drug-likeness (QED) is 0.681. The van der Waals surface area contributed by atoms with Crippen LogP contribution in [0.1, 0.15) is 32.6 Å². The summed E-state index contributed by atoms with van der Waals surface area (Å²) in [4.78, 5) is 13.9. The van der Waals surface area contributed by atoms with Crippen molar-refractivity contribution >= 4 is 5.91 Å². The highest BCUT2D eigenvalue weighted by atomic mass is 16.3. The Bertz CT molecular complexity index is 229. The van der Waals surface area contributed by atoms with Crippen molar-refractivity contribution in [3.8, 4) is 0 Å². The number of amides is 1. The van der Waals surface area contributed by atoms with Crippen molar-refractivity contribution < 1.29 is 9.90 Å². The fourth-order valence-corrected chi connectivity index (χ4v) is 2.69. The molecular weight excluding hydrogens is 178 g/mol. The molecule has 3 atom stereocenters. The van der Waals surface area contributed by atoms with Crippen molar-refractivity contribution in [2.24, 2.45) is 11.8 Å². The summed E-state index contributed by atoms with van der Waals surface area (Å²) in [5, 5.41) is 9.36. The molecule has 1 amide bonds. The molecule has 0 aromatic heterocycles. The SMILES string of the molecule is CC1CCCC1C(=O)N1CCC(O)C1. The monoisotopic (exact) mass is 197 g/mol. The number of likely N-dealkylation sites (tertiary alicyclic amines) is 1. The lowest BCUT2D eigenvalue weighted by molar-refractivity contribution is -0.135. The number of β-amino-alcohol motifs (C(OH)–C–C–N with tert-alkyl or cyclic N) is 1. The van der Waals surface area contributed by atoms with Crippen LogP contribution in [0.25, 0.3) is 0 Å². The molecule has 0 spiro atoms. The van der Waals surface area contributed by atoms with Crippen LogP contribution in [-0.2, 0) is 4.79 Å². The first-order valence-corrected chi connectivity index (χ1v) is 5.65. The Morgan fingerprint density at radius 1 is 1.36 bits per heavy atom. The molecule has 0 bridgehead atoms.